The first-order valence-electron chi connectivity index (χ1n) is 8.01. The molecule has 32 heavy (non-hydrogen) atoms. The van der Waals surface area contributed by atoms with E-state index in [2.05, 4.69) is 0 Å². The van der Waals surface area contributed by atoms with Crippen LogP contribution in [-0.2, 0) is 4.79 Å². The highest BCUT2D eigenvalue weighted by molar-refractivity contribution is 5.82. The molecular weight excluding hydrogens is 507 g/mol. The average molecular weight is 516 g/mol. The second-order valence-electron chi connectivity index (χ2n) is 6.83. The van der Waals surface area contributed by atoms with Gasteiger partial charge in [-0.15, -0.1) is 0 Å². The molecule has 0 aromatic carbocycles. The largest absolute Gasteiger partial charge is 0.460 e. The molecule has 1 unspecified atom stereocenters. The minimum absolute atomic E-state index is 0.250. The second kappa shape index (κ2) is 7.50. The highest BCUT2D eigenvalue weighted by Gasteiger charge is 2.95. The molecule has 0 aliphatic heterocycles. The lowest BCUT2D eigenvalue weighted by atomic mass is 9.78. The zero-order chi connectivity index (χ0) is 26.0. The lowest BCUT2D eigenvalue weighted by molar-refractivity contribution is -0.463. The Bertz CT molecular complexity index is 719. The summed E-state index contributed by atoms with van der Waals surface area (Å²) in [4.78, 5) is 11.3. The Kier molecular flexibility index (Phi) is 6.68. The molecule has 0 N–H and O–H groups in total. The first kappa shape index (κ1) is 28.5. The molecule has 1 rings (SSSR count). The van der Waals surface area contributed by atoms with Crippen LogP contribution in [0.2, 0.25) is 0 Å². The Morgan fingerprint density at radius 3 is 1.19 bits per heavy atom. The number of Topliss-reactive ketones (excluding diaryl/α,β-unsaturated/α-hetero) is 1. The fourth-order valence-corrected chi connectivity index (χ4v) is 2.76. The number of alkyl halides is 17. The molecule has 1 atom stereocenters. The van der Waals surface area contributed by atoms with Gasteiger partial charge in [-0.1, -0.05) is 6.42 Å². The number of rotatable bonds is 7. The van der Waals surface area contributed by atoms with Gasteiger partial charge >= 0.3 is 47.6 Å². The van der Waals surface area contributed by atoms with Crippen LogP contribution >= 0.6 is 0 Å². The lowest BCUT2D eigenvalue weighted by Crippen LogP contribution is -2.75. The van der Waals surface area contributed by atoms with Gasteiger partial charge in [0.05, 0.1) is 5.92 Å². The molecule has 1 nitrogen and oxygen atoms in total. The van der Waals surface area contributed by atoms with Gasteiger partial charge in [-0.05, 0) is 12.8 Å². The summed E-state index contributed by atoms with van der Waals surface area (Å²) in [7, 11) is 0. The van der Waals surface area contributed by atoms with E-state index in [1.807, 2.05) is 0 Å². The summed E-state index contributed by atoms with van der Waals surface area (Å²) >= 11 is 0. The third-order valence-electron chi connectivity index (χ3n) is 4.74. The van der Waals surface area contributed by atoms with E-state index in [1.54, 1.807) is 0 Å². The van der Waals surface area contributed by atoms with Crippen LogP contribution in [0.5, 0.6) is 0 Å². The third-order valence-corrected chi connectivity index (χ3v) is 4.74. The first-order chi connectivity index (χ1) is 13.8. The van der Waals surface area contributed by atoms with E-state index < -0.39 is 78.6 Å². The van der Waals surface area contributed by atoms with Crippen molar-refractivity contribution in [1.29, 1.82) is 0 Å². The molecule has 0 heterocycles. The van der Waals surface area contributed by atoms with Crippen LogP contribution < -0.4 is 0 Å². The summed E-state index contributed by atoms with van der Waals surface area (Å²) in [5.74, 6) is -62.1. The van der Waals surface area contributed by atoms with Crippen molar-refractivity contribution in [2.75, 3.05) is 0 Å². The minimum Gasteiger partial charge on any atom is -0.299 e. The molecule has 0 radical (unpaired) electrons. The molecule has 0 amide bonds. The van der Waals surface area contributed by atoms with Crippen molar-refractivity contribution in [1.82, 2.24) is 0 Å². The summed E-state index contributed by atoms with van der Waals surface area (Å²) in [5.41, 5.74) is 0. The number of hydrogen-bond donors (Lipinski definition) is 0. The van der Waals surface area contributed by atoms with Crippen LogP contribution in [-0.4, -0.2) is 53.4 Å². The van der Waals surface area contributed by atoms with Gasteiger partial charge in [-0.3, -0.25) is 4.79 Å². The predicted octanol–water partition coefficient (Wildman–Crippen LogP) is 6.76. The average Bonchev–Trinajstić information content (AvgIpc) is 2.59. The monoisotopic (exact) mass is 516 g/mol. The van der Waals surface area contributed by atoms with Crippen LogP contribution in [0.1, 0.15) is 25.7 Å². The predicted molar refractivity (Wildman–Crippen MR) is 67.6 cm³/mol. The second-order valence-corrected chi connectivity index (χ2v) is 6.83. The van der Waals surface area contributed by atoms with Crippen LogP contribution in [0, 0.1) is 5.92 Å². The van der Waals surface area contributed by atoms with E-state index in [1.165, 1.54) is 0 Å². The van der Waals surface area contributed by atoms with Crippen LogP contribution in [0.25, 0.3) is 0 Å². The molecule has 0 spiro atoms. The Balaban J connectivity index is 3.63. The van der Waals surface area contributed by atoms with Crippen molar-refractivity contribution in [2.24, 2.45) is 5.92 Å². The Morgan fingerprint density at radius 1 is 0.500 bits per heavy atom. The van der Waals surface area contributed by atoms with Gasteiger partial charge in [0.15, 0.2) is 0 Å². The van der Waals surface area contributed by atoms with Crippen molar-refractivity contribution in [3.63, 3.8) is 0 Å². The quantitative estimate of drug-likeness (QED) is 0.342. The Labute approximate surface area is 165 Å². The topological polar surface area (TPSA) is 17.1 Å². The van der Waals surface area contributed by atoms with E-state index in [-0.39, 0.29) is 6.42 Å². The van der Waals surface area contributed by atoms with Gasteiger partial charge in [0.2, 0.25) is 0 Å². The van der Waals surface area contributed by atoms with Gasteiger partial charge < -0.3 is 0 Å². The maximum atomic E-state index is 13.9. The fraction of sp³-hybridized carbons (Fsp3) is 0.929. The summed E-state index contributed by atoms with van der Waals surface area (Å²) in [6, 6.07) is 0. The maximum absolute atomic E-state index is 13.9. The zero-order valence-electron chi connectivity index (χ0n) is 14.7. The smallest absolute Gasteiger partial charge is 0.299 e. The maximum Gasteiger partial charge on any atom is 0.460 e. The zero-order valence-corrected chi connectivity index (χ0v) is 14.7. The van der Waals surface area contributed by atoms with Gasteiger partial charge in [-0.2, -0.15) is 74.6 Å². The first-order valence-corrected chi connectivity index (χ1v) is 8.01. The number of halogens is 17. The van der Waals surface area contributed by atoms with Crippen molar-refractivity contribution >= 4 is 5.78 Å². The Morgan fingerprint density at radius 2 is 0.844 bits per heavy atom. The molecule has 0 bridgehead atoms. The summed E-state index contributed by atoms with van der Waals surface area (Å²) < 4.78 is 224. The summed E-state index contributed by atoms with van der Waals surface area (Å²) in [6.07, 6.45) is -10.9. The molecule has 0 saturated heterocycles. The van der Waals surface area contributed by atoms with Gasteiger partial charge in [0.25, 0.3) is 0 Å². The minimum atomic E-state index is -8.65. The van der Waals surface area contributed by atoms with Crippen molar-refractivity contribution in [2.45, 2.75) is 73.3 Å². The number of hydrogen-bond acceptors (Lipinski definition) is 1. The molecule has 1 aliphatic rings. The van der Waals surface area contributed by atoms with E-state index in [9.17, 15) is 79.4 Å². The van der Waals surface area contributed by atoms with Gasteiger partial charge in [0.1, 0.15) is 5.78 Å². The molecule has 1 saturated carbocycles. The fourth-order valence-electron chi connectivity index (χ4n) is 2.76. The van der Waals surface area contributed by atoms with Crippen LogP contribution in [0.4, 0.5) is 74.6 Å². The standard InChI is InChI=1S/C14H9F17O/c15-7(16,5-3-1-2-4-6(5)32)8(17,18)9(19,20)10(21,22)11(23,24)12(25,26)13(27,28)14(29,30)31/h5H,1-4H2. The molecule has 0 aromatic rings. The van der Waals surface area contributed by atoms with E-state index >= 15 is 0 Å². The van der Waals surface area contributed by atoms with Crippen molar-refractivity contribution in [3.05, 3.63) is 0 Å². The molecule has 18 heteroatoms. The number of carbonyl (C=O) groups excluding carboxylic acids is 1. The van der Waals surface area contributed by atoms with Crippen molar-refractivity contribution < 1.29 is 79.4 Å². The third kappa shape index (κ3) is 3.49. The molecule has 0 aromatic heterocycles. The summed E-state index contributed by atoms with van der Waals surface area (Å²) in [5, 5.41) is 0. The number of ketones is 1. The number of carbonyl (C=O) groups is 1. The molecular formula is C14H9F17O. The van der Waals surface area contributed by atoms with Crippen molar-refractivity contribution in [3.8, 4) is 0 Å². The molecule has 1 aliphatic carbocycles. The van der Waals surface area contributed by atoms with Gasteiger partial charge in [-0.25, -0.2) is 0 Å². The highest BCUT2D eigenvalue weighted by atomic mass is 19.4. The highest BCUT2D eigenvalue weighted by Crippen LogP contribution is 2.64. The van der Waals surface area contributed by atoms with Gasteiger partial charge in [0, 0.05) is 6.42 Å². The van der Waals surface area contributed by atoms with Crippen LogP contribution in [0.15, 0.2) is 0 Å². The van der Waals surface area contributed by atoms with Crippen LogP contribution in [0.3, 0.4) is 0 Å². The molecule has 190 valence electrons. The Hall–Kier alpha value is -1.52. The van der Waals surface area contributed by atoms with E-state index in [0.717, 1.165) is 0 Å². The lowest BCUT2D eigenvalue weighted by Gasteiger charge is -2.44. The summed E-state index contributed by atoms with van der Waals surface area (Å²) in [6.45, 7) is 0. The normalized spacial score (nSPS) is 21.2. The van der Waals surface area contributed by atoms with E-state index in [4.69, 9.17) is 0 Å². The van der Waals surface area contributed by atoms with E-state index in [0.29, 0.717) is 0 Å². The molecule has 1 fully saturated rings. The SMILES string of the molecule is O=C1CCCCC1C(F)(F)C(F)(F)C(F)(F)C(F)(F)C(F)(F)C(F)(F)C(F)(F)C(F)(F)F.